The van der Waals surface area contributed by atoms with Gasteiger partial charge >= 0.3 is 5.97 Å². The summed E-state index contributed by atoms with van der Waals surface area (Å²) in [7, 11) is 0. The van der Waals surface area contributed by atoms with Crippen molar-refractivity contribution in [2.45, 2.75) is 39.2 Å². The Morgan fingerprint density at radius 2 is 1.85 bits per heavy atom. The molecule has 1 atom stereocenters. The Labute approximate surface area is 158 Å². The van der Waals surface area contributed by atoms with Crippen molar-refractivity contribution in [3.8, 4) is 0 Å². The second kappa shape index (κ2) is 8.20. The average Bonchev–Trinajstić information content (AvgIpc) is 2.65. The van der Waals surface area contributed by atoms with E-state index in [2.05, 4.69) is 5.32 Å². The Kier molecular flexibility index (Phi) is 5.74. The molecule has 27 heavy (non-hydrogen) atoms. The van der Waals surface area contributed by atoms with E-state index in [1.807, 2.05) is 31.2 Å². The van der Waals surface area contributed by atoms with Crippen LogP contribution in [0.4, 0.5) is 5.69 Å². The normalized spacial score (nSPS) is 16.8. The Morgan fingerprint density at radius 1 is 1.15 bits per heavy atom. The summed E-state index contributed by atoms with van der Waals surface area (Å²) in [6.07, 6.45) is 3.06. The van der Waals surface area contributed by atoms with E-state index in [-0.39, 0.29) is 30.0 Å². The number of piperidine rings is 1. The van der Waals surface area contributed by atoms with Crippen LogP contribution < -0.4 is 5.32 Å². The zero-order valence-electron chi connectivity index (χ0n) is 15.7. The lowest BCUT2D eigenvalue weighted by Gasteiger charge is -2.33. The molecule has 2 amide bonds. The number of carbonyl (C=O) groups is 3. The molecular weight excluding hydrogens is 344 g/mol. The molecular formula is C21H24N2O4. The van der Waals surface area contributed by atoms with Crippen LogP contribution in [0.1, 0.15) is 43.5 Å². The number of rotatable bonds is 4. The Bertz CT molecular complexity index is 878. The highest BCUT2D eigenvalue weighted by molar-refractivity contribution is 6.05. The molecule has 0 saturated carbocycles. The van der Waals surface area contributed by atoms with Gasteiger partial charge in [0.1, 0.15) is 0 Å². The second-order valence-corrected chi connectivity index (χ2v) is 6.93. The average molecular weight is 368 g/mol. The van der Waals surface area contributed by atoms with E-state index in [0.29, 0.717) is 12.2 Å². The number of fused-ring (bicyclic) bond motifs is 1. The fourth-order valence-corrected chi connectivity index (χ4v) is 3.46. The molecule has 0 aliphatic carbocycles. The lowest BCUT2D eigenvalue weighted by molar-refractivity contribution is -0.137. The van der Waals surface area contributed by atoms with Crippen LogP contribution in [0.5, 0.6) is 0 Å². The van der Waals surface area contributed by atoms with Crippen LogP contribution in [0.3, 0.4) is 0 Å². The molecule has 1 heterocycles. The number of esters is 1. The summed E-state index contributed by atoms with van der Waals surface area (Å²) < 4.78 is 5.28. The molecule has 0 radical (unpaired) electrons. The Hall–Kier alpha value is -2.89. The molecule has 142 valence electrons. The van der Waals surface area contributed by atoms with Crippen LogP contribution in [0.15, 0.2) is 36.4 Å². The monoisotopic (exact) mass is 368 g/mol. The van der Waals surface area contributed by atoms with Crippen molar-refractivity contribution in [3.05, 3.63) is 42.0 Å². The number of hydrogen-bond donors (Lipinski definition) is 1. The molecule has 1 saturated heterocycles. The third-order valence-electron chi connectivity index (χ3n) is 4.87. The van der Waals surface area contributed by atoms with Gasteiger partial charge in [-0.25, -0.2) is 4.79 Å². The summed E-state index contributed by atoms with van der Waals surface area (Å²) in [5.41, 5.74) is 0.619. The van der Waals surface area contributed by atoms with Gasteiger partial charge in [-0.1, -0.05) is 24.3 Å². The van der Waals surface area contributed by atoms with Gasteiger partial charge in [0.2, 0.25) is 5.91 Å². The number of anilines is 1. The first kappa shape index (κ1) is 18.9. The summed E-state index contributed by atoms with van der Waals surface area (Å²) in [6.45, 7) is 3.79. The highest BCUT2D eigenvalue weighted by Gasteiger charge is 2.24. The lowest BCUT2D eigenvalue weighted by Crippen LogP contribution is -2.44. The minimum absolute atomic E-state index is 0.167. The SMILES string of the molecule is CC(=O)Nc1cc2ccccc2cc1C(=O)OCC(=O)N1CCCC[C@@H]1C. The van der Waals surface area contributed by atoms with E-state index in [1.54, 1.807) is 17.0 Å². The van der Waals surface area contributed by atoms with Crippen molar-refractivity contribution in [2.24, 2.45) is 0 Å². The topological polar surface area (TPSA) is 75.7 Å². The molecule has 0 spiro atoms. The minimum Gasteiger partial charge on any atom is -0.452 e. The molecule has 0 aromatic heterocycles. The van der Waals surface area contributed by atoms with Crippen LogP contribution in [-0.4, -0.2) is 41.9 Å². The number of benzene rings is 2. The second-order valence-electron chi connectivity index (χ2n) is 6.93. The standard InChI is InChI=1S/C21H24N2O4/c1-14-7-5-6-10-23(14)20(25)13-27-21(26)18-11-16-8-3-4-9-17(16)12-19(18)22-15(2)24/h3-4,8-9,11-12,14H,5-7,10,13H2,1-2H3,(H,22,24)/t14-/m0/s1. The third-order valence-corrected chi connectivity index (χ3v) is 4.87. The summed E-state index contributed by atoms with van der Waals surface area (Å²) >= 11 is 0. The highest BCUT2D eigenvalue weighted by Crippen LogP contribution is 2.25. The van der Waals surface area contributed by atoms with Crippen LogP contribution in [0, 0.1) is 0 Å². The predicted molar refractivity (Wildman–Crippen MR) is 104 cm³/mol. The van der Waals surface area contributed by atoms with Crippen molar-refractivity contribution in [1.82, 2.24) is 4.90 Å². The molecule has 6 nitrogen and oxygen atoms in total. The summed E-state index contributed by atoms with van der Waals surface area (Å²) in [5.74, 6) is -1.09. The molecule has 1 aliphatic heterocycles. The van der Waals surface area contributed by atoms with Gasteiger partial charge in [-0.05, 0) is 49.1 Å². The molecule has 0 unspecified atom stereocenters. The Morgan fingerprint density at radius 3 is 2.52 bits per heavy atom. The van der Waals surface area contributed by atoms with Gasteiger partial charge in [-0.3, -0.25) is 9.59 Å². The fourth-order valence-electron chi connectivity index (χ4n) is 3.46. The highest BCUT2D eigenvalue weighted by atomic mass is 16.5. The van der Waals surface area contributed by atoms with Crippen molar-refractivity contribution < 1.29 is 19.1 Å². The first-order chi connectivity index (χ1) is 13.0. The van der Waals surface area contributed by atoms with E-state index in [4.69, 9.17) is 4.74 Å². The number of hydrogen-bond acceptors (Lipinski definition) is 4. The van der Waals surface area contributed by atoms with E-state index < -0.39 is 5.97 Å². The lowest BCUT2D eigenvalue weighted by atomic mass is 10.0. The van der Waals surface area contributed by atoms with Gasteiger partial charge < -0.3 is 15.0 Å². The fraction of sp³-hybridized carbons (Fsp3) is 0.381. The molecule has 0 bridgehead atoms. The molecule has 2 aromatic rings. The minimum atomic E-state index is -0.623. The smallest absolute Gasteiger partial charge is 0.340 e. The first-order valence-electron chi connectivity index (χ1n) is 9.22. The maximum Gasteiger partial charge on any atom is 0.340 e. The molecule has 2 aromatic carbocycles. The van der Waals surface area contributed by atoms with Crippen LogP contribution in [0.2, 0.25) is 0 Å². The van der Waals surface area contributed by atoms with Gasteiger partial charge in [0, 0.05) is 19.5 Å². The summed E-state index contributed by atoms with van der Waals surface area (Å²) in [6, 6.07) is 11.1. The zero-order valence-corrected chi connectivity index (χ0v) is 15.7. The summed E-state index contributed by atoms with van der Waals surface area (Å²) in [4.78, 5) is 38.3. The molecule has 3 rings (SSSR count). The molecule has 1 N–H and O–H groups in total. The Balaban J connectivity index is 1.77. The zero-order chi connectivity index (χ0) is 19.4. The van der Waals surface area contributed by atoms with Crippen LogP contribution in [-0.2, 0) is 14.3 Å². The molecule has 6 heteroatoms. The maximum absolute atomic E-state index is 12.6. The number of likely N-dealkylation sites (tertiary alicyclic amines) is 1. The number of nitrogens with zero attached hydrogens (tertiary/aromatic N) is 1. The third kappa shape index (κ3) is 4.45. The van der Waals surface area contributed by atoms with Crippen LogP contribution >= 0.6 is 0 Å². The van der Waals surface area contributed by atoms with Crippen molar-refractivity contribution >= 4 is 34.2 Å². The molecule has 1 aliphatic rings. The number of amides is 2. The van der Waals surface area contributed by atoms with Gasteiger partial charge in [0.25, 0.3) is 5.91 Å². The van der Waals surface area contributed by atoms with Gasteiger partial charge in [0.05, 0.1) is 11.3 Å². The maximum atomic E-state index is 12.6. The van der Waals surface area contributed by atoms with Crippen molar-refractivity contribution in [2.75, 3.05) is 18.5 Å². The number of ether oxygens (including phenoxy) is 1. The van der Waals surface area contributed by atoms with Crippen LogP contribution in [0.25, 0.3) is 10.8 Å². The summed E-state index contributed by atoms with van der Waals surface area (Å²) in [5, 5.41) is 4.42. The number of nitrogens with one attached hydrogen (secondary N) is 1. The number of carbonyl (C=O) groups excluding carboxylic acids is 3. The van der Waals surface area contributed by atoms with Gasteiger partial charge in [-0.15, -0.1) is 0 Å². The largest absolute Gasteiger partial charge is 0.452 e. The van der Waals surface area contributed by atoms with Crippen molar-refractivity contribution in [3.63, 3.8) is 0 Å². The van der Waals surface area contributed by atoms with E-state index in [9.17, 15) is 14.4 Å². The quantitative estimate of drug-likeness (QED) is 0.840. The van der Waals surface area contributed by atoms with Gasteiger partial charge in [-0.2, -0.15) is 0 Å². The predicted octanol–water partition coefficient (Wildman–Crippen LogP) is 3.36. The van der Waals surface area contributed by atoms with E-state index >= 15 is 0 Å². The first-order valence-corrected chi connectivity index (χ1v) is 9.22. The van der Waals surface area contributed by atoms with E-state index in [1.165, 1.54) is 6.92 Å². The van der Waals surface area contributed by atoms with Crippen molar-refractivity contribution in [1.29, 1.82) is 0 Å². The van der Waals surface area contributed by atoms with Gasteiger partial charge in [0.15, 0.2) is 6.61 Å². The van der Waals surface area contributed by atoms with E-state index in [0.717, 1.165) is 30.0 Å². The molecule has 1 fully saturated rings.